The van der Waals surface area contributed by atoms with Crippen molar-refractivity contribution in [2.24, 2.45) is 0 Å². The van der Waals surface area contributed by atoms with Crippen molar-refractivity contribution >= 4 is 22.0 Å². The first kappa shape index (κ1) is 8.37. The van der Waals surface area contributed by atoms with E-state index in [1.807, 2.05) is 24.3 Å². The summed E-state index contributed by atoms with van der Waals surface area (Å²) in [4.78, 5) is 0.971. The van der Waals surface area contributed by atoms with Crippen LogP contribution >= 0.6 is 11.3 Å². The molecule has 0 aliphatic heterocycles. The summed E-state index contributed by atoms with van der Waals surface area (Å²) in [6, 6.07) is 7.46. The third-order valence-electron chi connectivity index (χ3n) is 2.03. The van der Waals surface area contributed by atoms with Gasteiger partial charge in [0.05, 0.1) is 9.88 Å². The predicted octanol–water partition coefficient (Wildman–Crippen LogP) is 1.43. The van der Waals surface area contributed by atoms with Crippen LogP contribution in [0.3, 0.4) is 0 Å². The fourth-order valence-corrected chi connectivity index (χ4v) is 2.12. The number of nitrogen functional groups attached to an aromatic ring is 1. The lowest BCUT2D eigenvalue weighted by molar-refractivity contribution is 0.938. The molecule has 0 unspecified atom stereocenters. The van der Waals surface area contributed by atoms with Gasteiger partial charge in [-0.25, -0.2) is 0 Å². The molecule has 3 heterocycles. The van der Waals surface area contributed by atoms with Crippen molar-refractivity contribution < 1.29 is 0 Å². The van der Waals surface area contributed by atoms with Crippen LogP contribution in [0.25, 0.3) is 16.3 Å². The number of hydrogen-bond donors (Lipinski definition) is 1. The van der Waals surface area contributed by atoms with Gasteiger partial charge in [-0.15, -0.1) is 21.5 Å². The van der Waals surface area contributed by atoms with Crippen LogP contribution in [0, 0.1) is 0 Å². The summed E-state index contributed by atoms with van der Waals surface area (Å²) in [5.41, 5.74) is 6.41. The highest BCUT2D eigenvalue weighted by Crippen LogP contribution is 2.27. The maximum Gasteiger partial charge on any atom is 0.195 e. The summed E-state index contributed by atoms with van der Waals surface area (Å²) in [5, 5.41) is 13.1. The highest BCUT2D eigenvalue weighted by Gasteiger charge is 2.09. The first-order valence-electron chi connectivity index (χ1n) is 4.37. The molecule has 5 nitrogen and oxygen atoms in total. The van der Waals surface area contributed by atoms with Crippen molar-refractivity contribution in [3.8, 4) is 10.7 Å². The monoisotopic (exact) mass is 217 g/mol. The number of aromatic nitrogens is 4. The summed E-state index contributed by atoms with van der Waals surface area (Å²) in [7, 11) is 0. The zero-order valence-electron chi connectivity index (χ0n) is 7.66. The number of hydrogen-bond acceptors (Lipinski definition) is 5. The molecular formula is C9H7N5S. The molecule has 2 N–H and O–H groups in total. The molecular weight excluding hydrogens is 210 g/mol. The average molecular weight is 217 g/mol. The van der Waals surface area contributed by atoms with Gasteiger partial charge in [-0.2, -0.15) is 9.61 Å². The van der Waals surface area contributed by atoms with Gasteiger partial charge in [0.2, 0.25) is 0 Å². The fraction of sp³-hybridized carbons (Fsp3) is 0. The largest absolute Gasteiger partial charge is 0.391 e. The van der Waals surface area contributed by atoms with Crippen LogP contribution in [0.5, 0.6) is 0 Å². The Kier molecular flexibility index (Phi) is 1.69. The molecule has 3 aromatic heterocycles. The van der Waals surface area contributed by atoms with Gasteiger partial charge in [-0.3, -0.25) is 0 Å². The van der Waals surface area contributed by atoms with E-state index in [-0.39, 0.29) is 0 Å². The van der Waals surface area contributed by atoms with Gasteiger partial charge >= 0.3 is 0 Å². The molecule has 6 heteroatoms. The van der Waals surface area contributed by atoms with Gasteiger partial charge in [0.25, 0.3) is 0 Å². The van der Waals surface area contributed by atoms with Crippen LogP contribution in [0.4, 0.5) is 5.00 Å². The Morgan fingerprint density at radius 3 is 2.93 bits per heavy atom. The Hall–Kier alpha value is -1.95. The van der Waals surface area contributed by atoms with E-state index in [0.29, 0.717) is 0 Å². The van der Waals surface area contributed by atoms with Gasteiger partial charge in [-0.1, -0.05) is 0 Å². The lowest BCUT2D eigenvalue weighted by Gasteiger charge is -1.93. The van der Waals surface area contributed by atoms with E-state index >= 15 is 0 Å². The highest BCUT2D eigenvalue weighted by atomic mass is 32.1. The van der Waals surface area contributed by atoms with Crippen molar-refractivity contribution in [3.05, 3.63) is 30.5 Å². The molecule has 0 aromatic carbocycles. The molecule has 0 aliphatic carbocycles. The average Bonchev–Trinajstić information content (AvgIpc) is 2.83. The Balaban J connectivity index is 2.27. The van der Waals surface area contributed by atoms with Crippen LogP contribution in [0.15, 0.2) is 30.5 Å². The zero-order chi connectivity index (χ0) is 10.3. The fourth-order valence-electron chi connectivity index (χ4n) is 1.37. The molecule has 0 radical (unpaired) electrons. The van der Waals surface area contributed by atoms with Gasteiger partial charge in [0.1, 0.15) is 0 Å². The number of anilines is 1. The quantitative estimate of drug-likeness (QED) is 0.669. The van der Waals surface area contributed by atoms with Crippen LogP contribution in [0.2, 0.25) is 0 Å². The molecule has 0 saturated heterocycles. The predicted molar refractivity (Wildman–Crippen MR) is 58.5 cm³/mol. The molecule has 0 spiro atoms. The molecule has 0 fully saturated rings. The number of nitrogens with zero attached hydrogens (tertiary/aromatic N) is 4. The Labute approximate surface area is 89.2 Å². The second kappa shape index (κ2) is 3.03. The lowest BCUT2D eigenvalue weighted by Crippen LogP contribution is -1.91. The summed E-state index contributed by atoms with van der Waals surface area (Å²) in [6.45, 7) is 0. The maximum atomic E-state index is 5.67. The number of fused-ring (bicyclic) bond motifs is 1. The van der Waals surface area contributed by atoms with Crippen molar-refractivity contribution in [1.82, 2.24) is 19.8 Å². The summed E-state index contributed by atoms with van der Waals surface area (Å²) in [6.07, 6.45) is 1.71. The van der Waals surface area contributed by atoms with Gasteiger partial charge < -0.3 is 5.73 Å². The van der Waals surface area contributed by atoms with Crippen LogP contribution in [0.1, 0.15) is 0 Å². The molecule has 0 bridgehead atoms. The summed E-state index contributed by atoms with van der Waals surface area (Å²) in [5.74, 6) is 0.729. The Morgan fingerprint density at radius 2 is 2.13 bits per heavy atom. The molecule has 74 valence electrons. The van der Waals surface area contributed by atoms with E-state index in [1.165, 1.54) is 11.3 Å². The third kappa shape index (κ3) is 1.26. The van der Waals surface area contributed by atoms with Gasteiger partial charge in [-0.05, 0) is 24.3 Å². The minimum atomic E-state index is 0.729. The molecule has 0 aliphatic rings. The number of thiophene rings is 1. The Bertz CT molecular complexity index is 612. The first-order chi connectivity index (χ1) is 7.34. The first-order valence-corrected chi connectivity index (χ1v) is 5.18. The molecule has 0 saturated carbocycles. The standard InChI is InChI=1S/C9H7N5S/c10-7-4-3-6(15-7)9-13-12-8-2-1-5-11-14(8)9/h1-5H,10H2. The molecule has 0 amide bonds. The van der Waals surface area contributed by atoms with Crippen LogP contribution < -0.4 is 5.73 Å². The second-order valence-corrected chi connectivity index (χ2v) is 4.13. The summed E-state index contributed by atoms with van der Waals surface area (Å²) < 4.78 is 1.70. The van der Waals surface area contributed by atoms with Gasteiger partial charge in [0, 0.05) is 6.20 Å². The maximum absolute atomic E-state index is 5.67. The van der Waals surface area contributed by atoms with E-state index in [4.69, 9.17) is 5.73 Å². The van der Waals surface area contributed by atoms with E-state index in [0.717, 1.165) is 21.3 Å². The minimum Gasteiger partial charge on any atom is -0.391 e. The smallest absolute Gasteiger partial charge is 0.195 e. The molecule has 3 rings (SSSR count). The number of rotatable bonds is 1. The van der Waals surface area contributed by atoms with Crippen LogP contribution in [-0.2, 0) is 0 Å². The normalized spacial score (nSPS) is 10.9. The van der Waals surface area contributed by atoms with E-state index in [9.17, 15) is 0 Å². The highest BCUT2D eigenvalue weighted by molar-refractivity contribution is 7.19. The van der Waals surface area contributed by atoms with E-state index in [2.05, 4.69) is 15.3 Å². The van der Waals surface area contributed by atoms with Crippen molar-refractivity contribution in [2.45, 2.75) is 0 Å². The summed E-state index contributed by atoms with van der Waals surface area (Å²) >= 11 is 1.47. The topological polar surface area (TPSA) is 69.1 Å². The second-order valence-electron chi connectivity index (χ2n) is 3.02. The van der Waals surface area contributed by atoms with Crippen molar-refractivity contribution in [2.75, 3.05) is 5.73 Å². The van der Waals surface area contributed by atoms with Crippen LogP contribution in [-0.4, -0.2) is 19.8 Å². The number of nitrogens with two attached hydrogens (primary N) is 1. The minimum absolute atomic E-state index is 0.729. The zero-order valence-corrected chi connectivity index (χ0v) is 8.48. The van der Waals surface area contributed by atoms with E-state index in [1.54, 1.807) is 10.7 Å². The lowest BCUT2D eigenvalue weighted by atomic mass is 10.4. The van der Waals surface area contributed by atoms with Crippen molar-refractivity contribution in [1.29, 1.82) is 0 Å². The van der Waals surface area contributed by atoms with Gasteiger partial charge in [0.15, 0.2) is 11.5 Å². The Morgan fingerprint density at radius 1 is 1.20 bits per heavy atom. The molecule has 3 aromatic rings. The van der Waals surface area contributed by atoms with E-state index < -0.39 is 0 Å². The van der Waals surface area contributed by atoms with Crippen molar-refractivity contribution in [3.63, 3.8) is 0 Å². The SMILES string of the molecule is Nc1ccc(-c2nnc3cccnn23)s1. The molecule has 0 atom stereocenters. The third-order valence-corrected chi connectivity index (χ3v) is 2.94. The molecule has 15 heavy (non-hydrogen) atoms.